The Morgan fingerprint density at radius 2 is 2.43 bits per heavy atom. The van der Waals surface area contributed by atoms with Crippen LogP contribution in [0.2, 0.25) is 0 Å². The number of hydrogen-bond donors (Lipinski definition) is 2. The minimum Gasteiger partial charge on any atom is -0.335 e. The molecule has 0 radical (unpaired) electrons. The van der Waals surface area contributed by atoms with E-state index in [9.17, 15) is 4.79 Å². The maximum Gasteiger partial charge on any atom is 0.315 e. The van der Waals surface area contributed by atoms with E-state index in [0.29, 0.717) is 0 Å². The minimum atomic E-state index is -0.132. The van der Waals surface area contributed by atoms with Crippen molar-refractivity contribution in [1.82, 2.24) is 25.4 Å². The molecule has 2 aromatic rings. The molecule has 3 rings (SSSR count). The lowest BCUT2D eigenvalue weighted by Gasteiger charge is -2.24. The van der Waals surface area contributed by atoms with Crippen LogP contribution in [0.1, 0.15) is 49.9 Å². The number of urea groups is 1. The zero-order valence-electron chi connectivity index (χ0n) is 13.6. The van der Waals surface area contributed by atoms with Crippen molar-refractivity contribution in [3.05, 3.63) is 34.0 Å². The summed E-state index contributed by atoms with van der Waals surface area (Å²) in [4.78, 5) is 16.8. The van der Waals surface area contributed by atoms with Crippen molar-refractivity contribution in [2.45, 2.75) is 58.2 Å². The fourth-order valence-electron chi connectivity index (χ4n) is 2.92. The van der Waals surface area contributed by atoms with Crippen LogP contribution in [0.4, 0.5) is 4.79 Å². The minimum absolute atomic E-state index is 0.0510. The van der Waals surface area contributed by atoms with Crippen LogP contribution in [-0.2, 0) is 19.4 Å². The third-order valence-corrected chi connectivity index (χ3v) is 4.77. The SMILES string of the molecule is CCc1nc2n(n1)CCC[C@H]2NC(=O)N[C@@H](C)Cc1ccsc1. The first-order chi connectivity index (χ1) is 11.2. The number of nitrogens with one attached hydrogen (secondary N) is 2. The van der Waals surface area contributed by atoms with Gasteiger partial charge in [-0.25, -0.2) is 14.5 Å². The monoisotopic (exact) mass is 333 g/mol. The van der Waals surface area contributed by atoms with Crippen molar-refractivity contribution in [3.63, 3.8) is 0 Å². The molecule has 124 valence electrons. The van der Waals surface area contributed by atoms with Crippen LogP contribution in [0.3, 0.4) is 0 Å². The second kappa shape index (κ2) is 7.12. The zero-order valence-corrected chi connectivity index (χ0v) is 14.4. The number of amides is 2. The normalized spacial score (nSPS) is 18.3. The van der Waals surface area contributed by atoms with E-state index in [1.165, 1.54) is 5.56 Å². The van der Waals surface area contributed by atoms with Gasteiger partial charge in [0, 0.05) is 19.0 Å². The lowest BCUT2D eigenvalue weighted by Crippen LogP contribution is -2.44. The highest BCUT2D eigenvalue weighted by molar-refractivity contribution is 7.07. The number of rotatable bonds is 5. The Kier molecular flexibility index (Phi) is 4.95. The molecule has 3 heterocycles. The Hall–Kier alpha value is -1.89. The zero-order chi connectivity index (χ0) is 16.2. The van der Waals surface area contributed by atoms with Gasteiger partial charge >= 0.3 is 6.03 Å². The van der Waals surface area contributed by atoms with Gasteiger partial charge in [-0.3, -0.25) is 0 Å². The second-order valence-corrected chi connectivity index (χ2v) is 6.79. The third-order valence-electron chi connectivity index (χ3n) is 4.04. The van der Waals surface area contributed by atoms with Crippen LogP contribution >= 0.6 is 11.3 Å². The molecule has 2 N–H and O–H groups in total. The van der Waals surface area contributed by atoms with Gasteiger partial charge in [-0.2, -0.15) is 16.4 Å². The van der Waals surface area contributed by atoms with Gasteiger partial charge in [-0.05, 0) is 48.6 Å². The molecule has 0 saturated carbocycles. The van der Waals surface area contributed by atoms with Crippen LogP contribution in [0.5, 0.6) is 0 Å². The molecule has 0 aliphatic carbocycles. The maximum atomic E-state index is 12.3. The van der Waals surface area contributed by atoms with Gasteiger partial charge in [0.1, 0.15) is 5.82 Å². The molecule has 0 unspecified atom stereocenters. The van der Waals surface area contributed by atoms with E-state index in [2.05, 4.69) is 37.5 Å². The number of thiophene rings is 1. The molecule has 1 aliphatic rings. The number of nitrogens with zero attached hydrogens (tertiary/aromatic N) is 3. The topological polar surface area (TPSA) is 71.8 Å². The number of aromatic nitrogens is 3. The van der Waals surface area contributed by atoms with Gasteiger partial charge in [-0.15, -0.1) is 0 Å². The molecule has 1 aliphatic heterocycles. The van der Waals surface area contributed by atoms with E-state index in [0.717, 1.165) is 43.9 Å². The van der Waals surface area contributed by atoms with Gasteiger partial charge in [-0.1, -0.05) is 6.92 Å². The van der Waals surface area contributed by atoms with Crippen molar-refractivity contribution in [2.75, 3.05) is 0 Å². The van der Waals surface area contributed by atoms with Crippen molar-refractivity contribution in [2.24, 2.45) is 0 Å². The Balaban J connectivity index is 1.57. The van der Waals surface area contributed by atoms with Gasteiger partial charge in [0.15, 0.2) is 5.82 Å². The van der Waals surface area contributed by atoms with Crippen LogP contribution in [0, 0.1) is 0 Å². The molecule has 0 bridgehead atoms. The summed E-state index contributed by atoms with van der Waals surface area (Å²) in [5, 5.41) is 14.7. The van der Waals surface area contributed by atoms with Crippen molar-refractivity contribution in [3.8, 4) is 0 Å². The van der Waals surface area contributed by atoms with E-state index in [1.807, 2.05) is 18.5 Å². The van der Waals surface area contributed by atoms with E-state index in [-0.39, 0.29) is 18.1 Å². The lowest BCUT2D eigenvalue weighted by atomic mass is 10.1. The molecule has 2 amide bonds. The summed E-state index contributed by atoms with van der Waals surface area (Å²) in [6.07, 6.45) is 3.58. The standard InChI is InChI=1S/C16H23N5OS/c1-3-14-19-15-13(5-4-7-21(15)20-14)18-16(22)17-11(2)9-12-6-8-23-10-12/h6,8,10-11,13H,3-5,7,9H2,1-2H3,(H2,17,18,22)/t11-,13+/m0/s1. The summed E-state index contributed by atoms with van der Waals surface area (Å²) in [6, 6.07) is 2.01. The van der Waals surface area contributed by atoms with Crippen molar-refractivity contribution >= 4 is 17.4 Å². The Morgan fingerprint density at radius 1 is 1.57 bits per heavy atom. The average molecular weight is 333 g/mol. The summed E-state index contributed by atoms with van der Waals surface area (Å²) >= 11 is 1.68. The third kappa shape index (κ3) is 3.90. The largest absolute Gasteiger partial charge is 0.335 e. The second-order valence-electron chi connectivity index (χ2n) is 6.01. The van der Waals surface area contributed by atoms with E-state index >= 15 is 0 Å². The fourth-order valence-corrected chi connectivity index (χ4v) is 3.60. The Bertz CT molecular complexity index is 651. The summed E-state index contributed by atoms with van der Waals surface area (Å²) in [6.45, 7) is 4.95. The molecule has 0 fully saturated rings. The first-order valence-electron chi connectivity index (χ1n) is 8.17. The molecular formula is C16H23N5OS. The molecular weight excluding hydrogens is 310 g/mol. The van der Waals surface area contributed by atoms with Gasteiger partial charge in [0.05, 0.1) is 6.04 Å². The summed E-state index contributed by atoms with van der Waals surface area (Å²) in [5.41, 5.74) is 1.26. The molecule has 7 heteroatoms. The van der Waals surface area contributed by atoms with Crippen LogP contribution in [0.15, 0.2) is 16.8 Å². The Labute approximate surface area is 140 Å². The quantitative estimate of drug-likeness (QED) is 0.883. The molecule has 0 spiro atoms. The van der Waals surface area contributed by atoms with E-state index in [1.54, 1.807) is 11.3 Å². The van der Waals surface area contributed by atoms with Crippen LogP contribution in [0.25, 0.3) is 0 Å². The predicted molar refractivity (Wildman–Crippen MR) is 90.5 cm³/mol. The van der Waals surface area contributed by atoms with Gasteiger partial charge in [0.2, 0.25) is 0 Å². The Morgan fingerprint density at radius 3 is 3.17 bits per heavy atom. The highest BCUT2D eigenvalue weighted by Gasteiger charge is 2.25. The molecule has 23 heavy (non-hydrogen) atoms. The lowest BCUT2D eigenvalue weighted by molar-refractivity contribution is 0.229. The number of hydrogen-bond acceptors (Lipinski definition) is 4. The highest BCUT2D eigenvalue weighted by Crippen LogP contribution is 2.23. The number of carbonyl (C=O) groups excluding carboxylic acids is 1. The number of carbonyl (C=O) groups is 1. The first kappa shape index (κ1) is 16.0. The van der Waals surface area contributed by atoms with Crippen LogP contribution < -0.4 is 10.6 Å². The first-order valence-corrected chi connectivity index (χ1v) is 9.11. The van der Waals surface area contributed by atoms with Crippen LogP contribution in [-0.4, -0.2) is 26.8 Å². The summed E-state index contributed by atoms with van der Waals surface area (Å²) in [5.74, 6) is 1.73. The molecule has 0 saturated heterocycles. The molecule has 0 aromatic carbocycles. The molecule has 2 aromatic heterocycles. The molecule has 2 atom stereocenters. The highest BCUT2D eigenvalue weighted by atomic mass is 32.1. The van der Waals surface area contributed by atoms with E-state index < -0.39 is 0 Å². The average Bonchev–Trinajstić information content (AvgIpc) is 3.16. The maximum absolute atomic E-state index is 12.3. The number of fused-ring (bicyclic) bond motifs is 1. The molecule has 6 nitrogen and oxygen atoms in total. The van der Waals surface area contributed by atoms with Gasteiger partial charge in [0.25, 0.3) is 0 Å². The van der Waals surface area contributed by atoms with Crippen molar-refractivity contribution in [1.29, 1.82) is 0 Å². The number of aryl methyl sites for hydroxylation is 2. The smallest absolute Gasteiger partial charge is 0.315 e. The summed E-state index contributed by atoms with van der Waals surface area (Å²) in [7, 11) is 0. The predicted octanol–water partition coefficient (Wildman–Crippen LogP) is 2.67. The summed E-state index contributed by atoms with van der Waals surface area (Å²) < 4.78 is 1.93. The van der Waals surface area contributed by atoms with Gasteiger partial charge < -0.3 is 10.6 Å². The fraction of sp³-hybridized carbons (Fsp3) is 0.562. The van der Waals surface area contributed by atoms with E-state index in [4.69, 9.17) is 0 Å². The van der Waals surface area contributed by atoms with Crippen molar-refractivity contribution < 1.29 is 4.79 Å².